The third-order valence-corrected chi connectivity index (χ3v) is 4.43. The summed E-state index contributed by atoms with van der Waals surface area (Å²) in [5.74, 6) is -0.707. The van der Waals surface area contributed by atoms with E-state index in [2.05, 4.69) is 5.32 Å². The van der Waals surface area contributed by atoms with Crippen LogP contribution < -0.4 is 5.32 Å². The highest BCUT2D eigenvalue weighted by atomic mass is 32.2. The smallest absolute Gasteiger partial charge is 0.326 e. The van der Waals surface area contributed by atoms with Gasteiger partial charge in [0.05, 0.1) is 11.5 Å². The van der Waals surface area contributed by atoms with Gasteiger partial charge in [-0.2, -0.15) is 0 Å². The van der Waals surface area contributed by atoms with Crippen molar-refractivity contribution >= 4 is 29.5 Å². The SMILES string of the molecule is CC(C)C[C@H](NC(=O)CSCC(=O)N1CCCCC1)C(=O)O. The molecule has 2 N–H and O–H groups in total. The molecule has 1 saturated heterocycles. The van der Waals surface area contributed by atoms with Crippen LogP contribution >= 0.6 is 11.8 Å². The van der Waals surface area contributed by atoms with E-state index in [1.165, 1.54) is 18.2 Å². The minimum Gasteiger partial charge on any atom is -0.480 e. The predicted octanol–water partition coefficient (Wildman–Crippen LogP) is 1.35. The number of aliphatic carboxylic acids is 1. The van der Waals surface area contributed by atoms with E-state index in [0.717, 1.165) is 25.9 Å². The Kier molecular flexibility index (Phi) is 8.30. The van der Waals surface area contributed by atoms with E-state index in [0.29, 0.717) is 6.42 Å². The summed E-state index contributed by atoms with van der Waals surface area (Å²) in [6.45, 7) is 5.43. The molecule has 0 aromatic carbocycles. The van der Waals surface area contributed by atoms with Crippen LogP contribution in [0.3, 0.4) is 0 Å². The van der Waals surface area contributed by atoms with Gasteiger partial charge < -0.3 is 15.3 Å². The summed E-state index contributed by atoms with van der Waals surface area (Å²) in [7, 11) is 0. The van der Waals surface area contributed by atoms with Crippen LogP contribution in [0.1, 0.15) is 39.5 Å². The third-order valence-electron chi connectivity index (χ3n) is 3.51. The van der Waals surface area contributed by atoms with E-state index in [9.17, 15) is 14.4 Å². The van der Waals surface area contributed by atoms with E-state index < -0.39 is 12.0 Å². The zero-order chi connectivity index (χ0) is 16.5. The van der Waals surface area contributed by atoms with Crippen molar-refractivity contribution < 1.29 is 19.5 Å². The van der Waals surface area contributed by atoms with Crippen molar-refractivity contribution in [1.29, 1.82) is 0 Å². The Morgan fingerprint density at radius 3 is 2.32 bits per heavy atom. The highest BCUT2D eigenvalue weighted by Gasteiger charge is 2.21. The fourth-order valence-corrected chi connectivity index (χ4v) is 3.12. The molecular weight excluding hydrogens is 304 g/mol. The highest BCUT2D eigenvalue weighted by molar-refractivity contribution is 8.00. The van der Waals surface area contributed by atoms with E-state index in [1.807, 2.05) is 18.7 Å². The maximum Gasteiger partial charge on any atom is 0.326 e. The van der Waals surface area contributed by atoms with Crippen LogP contribution in [0.25, 0.3) is 0 Å². The minimum atomic E-state index is -1.02. The first-order valence-corrected chi connectivity index (χ1v) is 8.93. The van der Waals surface area contributed by atoms with Gasteiger partial charge >= 0.3 is 5.97 Å². The number of thioether (sulfide) groups is 1. The Balaban J connectivity index is 2.26. The Labute approximate surface area is 136 Å². The predicted molar refractivity (Wildman–Crippen MR) is 86.8 cm³/mol. The Hall–Kier alpha value is -1.24. The van der Waals surface area contributed by atoms with E-state index in [1.54, 1.807) is 0 Å². The number of carbonyl (C=O) groups is 3. The zero-order valence-corrected chi connectivity index (χ0v) is 14.2. The Morgan fingerprint density at radius 2 is 1.77 bits per heavy atom. The molecule has 1 aliphatic heterocycles. The molecule has 0 aliphatic carbocycles. The van der Waals surface area contributed by atoms with Crippen LogP contribution in [0.2, 0.25) is 0 Å². The lowest BCUT2D eigenvalue weighted by Gasteiger charge is -2.26. The van der Waals surface area contributed by atoms with Gasteiger partial charge in [-0.1, -0.05) is 13.8 Å². The number of hydrogen-bond donors (Lipinski definition) is 2. The van der Waals surface area contributed by atoms with Gasteiger partial charge in [0, 0.05) is 13.1 Å². The number of rotatable bonds is 8. The normalized spacial score (nSPS) is 16.4. The van der Waals surface area contributed by atoms with Crippen molar-refractivity contribution in [3.8, 4) is 0 Å². The summed E-state index contributed by atoms with van der Waals surface area (Å²) in [6, 6.07) is -0.856. The number of carbonyl (C=O) groups excluding carboxylic acids is 2. The molecular formula is C15H26N2O4S. The molecule has 0 saturated carbocycles. The lowest BCUT2D eigenvalue weighted by atomic mass is 10.0. The van der Waals surface area contributed by atoms with Crippen molar-refractivity contribution in [3.05, 3.63) is 0 Å². The average Bonchev–Trinajstić information content (AvgIpc) is 2.46. The Bertz CT molecular complexity index is 395. The Morgan fingerprint density at radius 1 is 1.14 bits per heavy atom. The second-order valence-electron chi connectivity index (χ2n) is 6.02. The van der Waals surface area contributed by atoms with Gasteiger partial charge in [-0.3, -0.25) is 9.59 Å². The van der Waals surface area contributed by atoms with Crippen molar-refractivity contribution in [2.24, 2.45) is 5.92 Å². The summed E-state index contributed by atoms with van der Waals surface area (Å²) in [4.78, 5) is 36.6. The minimum absolute atomic E-state index is 0.0643. The lowest BCUT2D eigenvalue weighted by Crippen LogP contribution is -2.42. The van der Waals surface area contributed by atoms with Crippen LogP contribution in [-0.2, 0) is 14.4 Å². The van der Waals surface area contributed by atoms with E-state index in [4.69, 9.17) is 5.11 Å². The first-order valence-electron chi connectivity index (χ1n) is 7.78. The number of hydrogen-bond acceptors (Lipinski definition) is 4. The van der Waals surface area contributed by atoms with E-state index >= 15 is 0 Å². The summed E-state index contributed by atoms with van der Waals surface area (Å²) >= 11 is 1.24. The quantitative estimate of drug-likeness (QED) is 0.701. The fourth-order valence-electron chi connectivity index (χ4n) is 2.39. The van der Waals surface area contributed by atoms with Gasteiger partial charge in [0.1, 0.15) is 6.04 Å². The molecule has 1 aliphatic rings. The van der Waals surface area contributed by atoms with Crippen molar-refractivity contribution in [1.82, 2.24) is 10.2 Å². The maximum absolute atomic E-state index is 11.9. The fraction of sp³-hybridized carbons (Fsp3) is 0.800. The van der Waals surface area contributed by atoms with Crippen molar-refractivity contribution in [2.45, 2.75) is 45.6 Å². The number of carboxylic acid groups (broad SMARTS) is 1. The largest absolute Gasteiger partial charge is 0.480 e. The van der Waals surface area contributed by atoms with Gasteiger partial charge in [0.15, 0.2) is 0 Å². The van der Waals surface area contributed by atoms with Gasteiger partial charge in [0.2, 0.25) is 11.8 Å². The number of piperidine rings is 1. The lowest BCUT2D eigenvalue weighted by molar-refractivity contribution is -0.142. The monoisotopic (exact) mass is 330 g/mol. The second kappa shape index (κ2) is 9.71. The molecule has 0 aromatic heterocycles. The van der Waals surface area contributed by atoms with Crippen LogP contribution in [0, 0.1) is 5.92 Å². The molecule has 1 fully saturated rings. The third kappa shape index (κ3) is 7.15. The molecule has 7 heteroatoms. The maximum atomic E-state index is 11.9. The summed E-state index contributed by atoms with van der Waals surface area (Å²) in [6.07, 6.45) is 3.67. The topological polar surface area (TPSA) is 86.7 Å². The van der Waals surface area contributed by atoms with Gasteiger partial charge in [-0.05, 0) is 31.6 Å². The zero-order valence-electron chi connectivity index (χ0n) is 13.3. The highest BCUT2D eigenvalue weighted by Crippen LogP contribution is 2.11. The first-order chi connectivity index (χ1) is 10.4. The average molecular weight is 330 g/mol. The molecule has 126 valence electrons. The van der Waals surface area contributed by atoms with E-state index in [-0.39, 0.29) is 29.2 Å². The van der Waals surface area contributed by atoms with Gasteiger partial charge in [0.25, 0.3) is 0 Å². The molecule has 22 heavy (non-hydrogen) atoms. The molecule has 1 heterocycles. The number of nitrogens with one attached hydrogen (secondary N) is 1. The summed E-state index contributed by atoms with van der Waals surface area (Å²) in [5.41, 5.74) is 0. The second-order valence-corrected chi connectivity index (χ2v) is 7.01. The number of amides is 2. The van der Waals surface area contributed by atoms with Crippen molar-refractivity contribution in [3.63, 3.8) is 0 Å². The van der Waals surface area contributed by atoms with Crippen LogP contribution in [0.15, 0.2) is 0 Å². The number of carboxylic acids is 1. The summed E-state index contributed by atoms with van der Waals surface area (Å²) < 4.78 is 0. The van der Waals surface area contributed by atoms with Crippen LogP contribution in [0.4, 0.5) is 0 Å². The molecule has 0 unspecified atom stereocenters. The van der Waals surface area contributed by atoms with Gasteiger partial charge in [-0.25, -0.2) is 4.79 Å². The molecule has 1 rings (SSSR count). The molecule has 0 aromatic rings. The van der Waals surface area contributed by atoms with Crippen LogP contribution in [-0.4, -0.2) is 58.4 Å². The first kappa shape index (κ1) is 18.8. The molecule has 6 nitrogen and oxygen atoms in total. The standard InChI is InChI=1S/C15H26N2O4S/c1-11(2)8-12(15(20)21)16-13(18)9-22-10-14(19)17-6-4-3-5-7-17/h11-12H,3-10H2,1-2H3,(H,16,18)(H,20,21)/t12-/m0/s1. The molecule has 0 spiro atoms. The molecule has 0 radical (unpaired) electrons. The number of nitrogens with zero attached hydrogens (tertiary/aromatic N) is 1. The molecule has 2 amide bonds. The van der Waals surface area contributed by atoms with Crippen LogP contribution in [0.5, 0.6) is 0 Å². The number of likely N-dealkylation sites (tertiary alicyclic amines) is 1. The van der Waals surface area contributed by atoms with Gasteiger partial charge in [-0.15, -0.1) is 11.8 Å². The van der Waals surface area contributed by atoms with Crippen molar-refractivity contribution in [2.75, 3.05) is 24.6 Å². The summed E-state index contributed by atoms with van der Waals surface area (Å²) in [5, 5.41) is 11.6. The molecule has 1 atom stereocenters. The molecule has 0 bridgehead atoms.